The van der Waals surface area contributed by atoms with Crippen LogP contribution >= 0.6 is 39.1 Å². The number of nitrogens with zero attached hydrogens (tertiary/aromatic N) is 1. The van der Waals surface area contributed by atoms with E-state index in [1.165, 1.54) is 6.07 Å². The number of fused-ring (bicyclic) bond motifs is 1. The van der Waals surface area contributed by atoms with E-state index in [0.29, 0.717) is 20.9 Å². The van der Waals surface area contributed by atoms with Gasteiger partial charge in [-0.2, -0.15) is 0 Å². The number of hydrogen-bond acceptors (Lipinski definition) is 2. The molecule has 1 aromatic heterocycles. The molecule has 0 aliphatic heterocycles. The summed E-state index contributed by atoms with van der Waals surface area (Å²) >= 11 is 15.2. The van der Waals surface area contributed by atoms with Crippen molar-refractivity contribution in [3.05, 3.63) is 38.4 Å². The summed E-state index contributed by atoms with van der Waals surface area (Å²) in [6, 6.07) is 4.68. The Morgan fingerprint density at radius 1 is 1.25 bits per heavy atom. The number of carboxylic acids is 1. The molecule has 6 heteroatoms. The van der Waals surface area contributed by atoms with E-state index < -0.39 is 5.97 Å². The lowest BCUT2D eigenvalue weighted by molar-refractivity contribution is 0.0691. The number of rotatable bonds is 1. The van der Waals surface area contributed by atoms with Gasteiger partial charge in [-0.15, -0.1) is 0 Å². The van der Waals surface area contributed by atoms with Crippen molar-refractivity contribution in [3.63, 3.8) is 0 Å². The van der Waals surface area contributed by atoms with Crippen LogP contribution in [0, 0.1) is 0 Å². The van der Waals surface area contributed by atoms with E-state index in [2.05, 4.69) is 20.9 Å². The molecule has 2 rings (SSSR count). The first-order chi connectivity index (χ1) is 7.49. The zero-order chi connectivity index (χ0) is 11.9. The molecular formula is C10H4BrCl2NO2. The topological polar surface area (TPSA) is 50.2 Å². The molecule has 0 unspecified atom stereocenters. The van der Waals surface area contributed by atoms with Crippen molar-refractivity contribution in [1.82, 2.24) is 4.98 Å². The van der Waals surface area contributed by atoms with Crippen LogP contribution in [0.1, 0.15) is 10.5 Å². The maximum absolute atomic E-state index is 10.8. The molecule has 16 heavy (non-hydrogen) atoms. The number of hydrogen-bond donors (Lipinski definition) is 1. The molecule has 0 bridgehead atoms. The fraction of sp³-hybridized carbons (Fsp3) is 0. The molecule has 1 heterocycles. The van der Waals surface area contributed by atoms with Crippen molar-refractivity contribution in [1.29, 1.82) is 0 Å². The van der Waals surface area contributed by atoms with Gasteiger partial charge in [0.2, 0.25) is 0 Å². The number of carbonyl (C=O) groups is 1. The Kier molecular flexibility index (Phi) is 3.06. The summed E-state index contributed by atoms with van der Waals surface area (Å²) in [5, 5.41) is 10.1. The maximum Gasteiger partial charge on any atom is 0.354 e. The van der Waals surface area contributed by atoms with Gasteiger partial charge in [-0.3, -0.25) is 0 Å². The summed E-state index contributed by atoms with van der Waals surface area (Å²) in [5.74, 6) is -1.14. The highest BCUT2D eigenvalue weighted by atomic mass is 79.9. The van der Waals surface area contributed by atoms with Gasteiger partial charge in [0.25, 0.3) is 0 Å². The normalized spacial score (nSPS) is 10.7. The van der Waals surface area contributed by atoms with Gasteiger partial charge in [0.15, 0.2) is 0 Å². The molecule has 2 aromatic rings. The van der Waals surface area contributed by atoms with Crippen molar-refractivity contribution in [2.45, 2.75) is 0 Å². The molecule has 0 fully saturated rings. The lowest BCUT2D eigenvalue weighted by Gasteiger charge is -2.04. The van der Waals surface area contributed by atoms with Gasteiger partial charge in [0.05, 0.1) is 15.6 Å². The Morgan fingerprint density at radius 3 is 2.56 bits per heavy atom. The van der Waals surface area contributed by atoms with E-state index in [1.54, 1.807) is 12.1 Å². The Bertz CT molecular complexity index is 601. The van der Waals surface area contributed by atoms with Crippen molar-refractivity contribution < 1.29 is 9.90 Å². The average Bonchev–Trinajstić information content (AvgIpc) is 2.19. The summed E-state index contributed by atoms with van der Waals surface area (Å²) in [7, 11) is 0. The Hall–Kier alpha value is -0.840. The largest absolute Gasteiger partial charge is 0.477 e. The van der Waals surface area contributed by atoms with Gasteiger partial charge in [-0.25, -0.2) is 9.78 Å². The summed E-state index contributed by atoms with van der Waals surface area (Å²) in [6.07, 6.45) is 0. The Labute approximate surface area is 109 Å². The second-order valence-electron chi connectivity index (χ2n) is 3.08. The molecule has 0 spiro atoms. The molecule has 0 aliphatic rings. The number of aromatic carboxylic acids is 1. The second-order valence-corrected chi connectivity index (χ2v) is 4.81. The molecule has 0 saturated carbocycles. The fourth-order valence-corrected chi connectivity index (χ4v) is 2.42. The Morgan fingerprint density at radius 2 is 1.94 bits per heavy atom. The SMILES string of the molecule is O=C(O)c1cc(Cl)c2cc(Br)cc(Cl)c2n1. The summed E-state index contributed by atoms with van der Waals surface area (Å²) in [5.41, 5.74) is 0.261. The summed E-state index contributed by atoms with van der Waals surface area (Å²) in [4.78, 5) is 14.7. The minimum Gasteiger partial charge on any atom is -0.477 e. The van der Waals surface area contributed by atoms with Crippen LogP contribution in [0.15, 0.2) is 22.7 Å². The van der Waals surface area contributed by atoms with E-state index >= 15 is 0 Å². The summed E-state index contributed by atoms with van der Waals surface area (Å²) < 4.78 is 0.761. The van der Waals surface area contributed by atoms with E-state index in [0.717, 1.165) is 4.47 Å². The average molecular weight is 321 g/mol. The standard InChI is InChI=1S/C10H4BrCl2NO2/c11-4-1-5-6(12)3-8(10(15)16)14-9(5)7(13)2-4/h1-3H,(H,15,16). The van der Waals surface area contributed by atoms with E-state index in [-0.39, 0.29) is 5.69 Å². The van der Waals surface area contributed by atoms with Crippen LogP contribution < -0.4 is 0 Å². The van der Waals surface area contributed by atoms with E-state index in [4.69, 9.17) is 28.3 Å². The lowest BCUT2D eigenvalue weighted by atomic mass is 10.2. The zero-order valence-electron chi connectivity index (χ0n) is 7.67. The highest BCUT2D eigenvalue weighted by Gasteiger charge is 2.12. The zero-order valence-corrected chi connectivity index (χ0v) is 10.8. The molecular weight excluding hydrogens is 317 g/mol. The fourth-order valence-electron chi connectivity index (χ4n) is 1.32. The van der Waals surface area contributed by atoms with Crippen LogP contribution in [-0.2, 0) is 0 Å². The van der Waals surface area contributed by atoms with Crippen LogP contribution in [0.2, 0.25) is 10.0 Å². The highest BCUT2D eigenvalue weighted by molar-refractivity contribution is 9.10. The molecule has 0 saturated heterocycles. The van der Waals surface area contributed by atoms with Crippen molar-refractivity contribution in [2.24, 2.45) is 0 Å². The number of pyridine rings is 1. The first kappa shape index (κ1) is 11.6. The third-order valence-corrected chi connectivity index (χ3v) is 3.06. The minimum atomic E-state index is -1.14. The third kappa shape index (κ3) is 2.00. The van der Waals surface area contributed by atoms with Gasteiger partial charge in [0.1, 0.15) is 5.69 Å². The van der Waals surface area contributed by atoms with Gasteiger partial charge >= 0.3 is 5.97 Å². The molecule has 0 amide bonds. The van der Waals surface area contributed by atoms with Crippen LogP contribution in [0.25, 0.3) is 10.9 Å². The van der Waals surface area contributed by atoms with Gasteiger partial charge in [-0.1, -0.05) is 39.1 Å². The van der Waals surface area contributed by atoms with Crippen LogP contribution in [0.5, 0.6) is 0 Å². The number of carboxylic acid groups (broad SMARTS) is 1. The highest BCUT2D eigenvalue weighted by Crippen LogP contribution is 2.31. The van der Waals surface area contributed by atoms with Gasteiger partial charge in [-0.05, 0) is 18.2 Å². The molecule has 3 nitrogen and oxygen atoms in total. The van der Waals surface area contributed by atoms with Crippen molar-refractivity contribution in [3.8, 4) is 0 Å². The quantitative estimate of drug-likeness (QED) is 0.864. The molecule has 82 valence electrons. The van der Waals surface area contributed by atoms with E-state index in [9.17, 15) is 4.79 Å². The number of benzene rings is 1. The minimum absolute atomic E-state index is 0.123. The van der Waals surface area contributed by atoms with Crippen LogP contribution in [0.4, 0.5) is 0 Å². The van der Waals surface area contributed by atoms with Crippen molar-refractivity contribution in [2.75, 3.05) is 0 Å². The van der Waals surface area contributed by atoms with Crippen molar-refractivity contribution >= 4 is 56.0 Å². The van der Waals surface area contributed by atoms with Gasteiger partial charge in [0, 0.05) is 9.86 Å². The first-order valence-corrected chi connectivity index (χ1v) is 5.72. The molecule has 0 atom stereocenters. The van der Waals surface area contributed by atoms with Crippen LogP contribution in [0.3, 0.4) is 0 Å². The third-order valence-electron chi connectivity index (χ3n) is 2.00. The lowest BCUT2D eigenvalue weighted by Crippen LogP contribution is -2.00. The monoisotopic (exact) mass is 319 g/mol. The Balaban J connectivity index is 2.87. The van der Waals surface area contributed by atoms with Crippen LogP contribution in [-0.4, -0.2) is 16.1 Å². The second kappa shape index (κ2) is 4.20. The number of aromatic nitrogens is 1. The molecule has 0 radical (unpaired) electrons. The van der Waals surface area contributed by atoms with Gasteiger partial charge < -0.3 is 5.11 Å². The predicted octanol–water partition coefficient (Wildman–Crippen LogP) is 4.00. The molecule has 1 N–H and O–H groups in total. The first-order valence-electron chi connectivity index (χ1n) is 4.17. The number of halogens is 3. The van der Waals surface area contributed by atoms with E-state index in [1.807, 2.05) is 0 Å². The predicted molar refractivity (Wildman–Crippen MR) is 66.4 cm³/mol. The smallest absolute Gasteiger partial charge is 0.354 e. The molecule has 0 aliphatic carbocycles. The maximum atomic E-state index is 10.8. The summed E-state index contributed by atoms with van der Waals surface area (Å²) in [6.45, 7) is 0. The molecule has 1 aromatic carbocycles.